The van der Waals surface area contributed by atoms with E-state index < -0.39 is 26.6 Å². The summed E-state index contributed by atoms with van der Waals surface area (Å²) in [5.41, 5.74) is 0. The summed E-state index contributed by atoms with van der Waals surface area (Å²) in [7, 11) is 1.16. The van der Waals surface area contributed by atoms with E-state index in [-0.39, 0.29) is 24.9 Å². The van der Waals surface area contributed by atoms with Crippen molar-refractivity contribution in [2.45, 2.75) is 232 Å². The van der Waals surface area contributed by atoms with Crippen molar-refractivity contribution in [1.29, 1.82) is 0 Å². The number of carbonyl (C=O) groups excluding carboxylic acids is 2. The Labute approximate surface area is 406 Å². The van der Waals surface area contributed by atoms with Gasteiger partial charge in [0.2, 0.25) is 5.91 Å². The lowest BCUT2D eigenvalue weighted by molar-refractivity contribution is -0.870. The predicted octanol–water partition coefficient (Wildman–Crippen LogP) is 15.1. The molecule has 3 atom stereocenters. The quantitative estimate of drug-likeness (QED) is 0.0212. The maximum Gasteiger partial charge on any atom is 0.306 e. The monoisotopic (exact) mass is 945 g/mol. The first kappa shape index (κ1) is 63.5. The molecule has 0 saturated heterocycles. The van der Waals surface area contributed by atoms with Crippen LogP contribution >= 0.6 is 7.82 Å². The molecular weight excluding hydrogens is 844 g/mol. The van der Waals surface area contributed by atoms with E-state index >= 15 is 0 Å². The molecule has 1 N–H and O–H groups in total. The Morgan fingerprint density at radius 3 is 1.45 bits per heavy atom. The number of amides is 1. The van der Waals surface area contributed by atoms with Crippen LogP contribution in [0.1, 0.15) is 220 Å². The maximum absolute atomic E-state index is 13.4. The number of allylic oxidation sites excluding steroid dienone is 11. The zero-order valence-corrected chi connectivity index (χ0v) is 44.3. The van der Waals surface area contributed by atoms with Gasteiger partial charge in [-0.3, -0.25) is 14.2 Å². The smallest absolute Gasteiger partial charge is 0.306 e. The molecular formula is C56H101N2O7P. The third kappa shape index (κ3) is 46.6. The molecule has 0 heterocycles. The molecule has 0 aliphatic carbocycles. The van der Waals surface area contributed by atoms with Gasteiger partial charge >= 0.3 is 5.97 Å². The summed E-state index contributed by atoms with van der Waals surface area (Å²) in [4.78, 5) is 39.7. The van der Waals surface area contributed by atoms with Crippen LogP contribution in [0.4, 0.5) is 0 Å². The standard InChI is InChI=1S/C56H101N2O7P/c1-7-10-13-16-19-22-25-28-30-33-36-39-42-45-48-55(59)57-53(52-64-66(61,62)63-51-50-58(4,5)6)54(47-44-41-38-35-32-27-24-21-18-15-12-9-3)65-56(60)49-46-43-40-37-34-31-29-26-23-20-17-14-11-8-2/h10-11,13-14,19-20,22-23,29,31,44,47,53-54H,7-9,12,15-18,21,24-28,30,32-43,45-46,48-52H2,1-6H3,(H-,57,59,61,62)/b13-10+,14-11+,22-19+,23-20+,31-29+,47-44+. The summed E-state index contributed by atoms with van der Waals surface area (Å²) in [6, 6.07) is -0.902. The summed E-state index contributed by atoms with van der Waals surface area (Å²) < 4.78 is 30.1. The minimum Gasteiger partial charge on any atom is -0.756 e. The third-order valence-electron chi connectivity index (χ3n) is 11.4. The number of likely N-dealkylation sites (N-methyl/N-ethyl adjacent to an activating group) is 1. The second kappa shape index (κ2) is 46.2. The minimum atomic E-state index is -4.70. The van der Waals surface area contributed by atoms with Gasteiger partial charge in [-0.2, -0.15) is 0 Å². The van der Waals surface area contributed by atoms with Crippen LogP contribution in [0.5, 0.6) is 0 Å². The number of phosphoric acid groups is 1. The molecule has 0 fully saturated rings. The van der Waals surface area contributed by atoms with E-state index in [0.717, 1.165) is 109 Å². The van der Waals surface area contributed by atoms with Crippen LogP contribution in [0.15, 0.2) is 72.9 Å². The average Bonchev–Trinajstić information content (AvgIpc) is 3.27. The molecule has 0 rings (SSSR count). The number of ether oxygens (including phenoxy) is 1. The van der Waals surface area contributed by atoms with Crippen LogP contribution in [0.2, 0.25) is 0 Å². The van der Waals surface area contributed by atoms with Crippen molar-refractivity contribution < 1.29 is 37.3 Å². The average molecular weight is 945 g/mol. The van der Waals surface area contributed by atoms with E-state index in [1.165, 1.54) is 70.6 Å². The van der Waals surface area contributed by atoms with Gasteiger partial charge < -0.3 is 28.5 Å². The van der Waals surface area contributed by atoms with E-state index in [1.807, 2.05) is 33.3 Å². The fourth-order valence-electron chi connectivity index (χ4n) is 7.28. The van der Waals surface area contributed by atoms with Crippen LogP contribution in [0.25, 0.3) is 0 Å². The molecule has 3 unspecified atom stereocenters. The highest BCUT2D eigenvalue weighted by Gasteiger charge is 2.27. The number of nitrogens with zero attached hydrogens (tertiary/aromatic N) is 1. The number of esters is 1. The van der Waals surface area contributed by atoms with Crippen molar-refractivity contribution in [1.82, 2.24) is 5.32 Å². The zero-order valence-electron chi connectivity index (χ0n) is 43.4. The normalized spacial score (nSPS) is 14.5. The molecule has 0 aliphatic heterocycles. The second-order valence-corrected chi connectivity index (χ2v) is 20.4. The van der Waals surface area contributed by atoms with Crippen molar-refractivity contribution in [2.24, 2.45) is 0 Å². The van der Waals surface area contributed by atoms with E-state index in [9.17, 15) is 19.0 Å². The Hall–Kier alpha value is -2.55. The molecule has 382 valence electrons. The topological polar surface area (TPSA) is 114 Å². The number of quaternary nitrogens is 1. The Morgan fingerprint density at radius 2 is 0.970 bits per heavy atom. The van der Waals surface area contributed by atoms with Gasteiger partial charge in [0.25, 0.3) is 7.82 Å². The zero-order chi connectivity index (χ0) is 48.7. The molecule has 0 aliphatic rings. The largest absolute Gasteiger partial charge is 0.756 e. The number of nitrogens with one attached hydrogen (secondary N) is 1. The highest BCUT2D eigenvalue weighted by atomic mass is 31.2. The first-order valence-corrected chi connectivity index (χ1v) is 28.2. The number of hydrogen-bond donors (Lipinski definition) is 1. The lowest BCUT2D eigenvalue weighted by atomic mass is 10.0. The van der Waals surface area contributed by atoms with Crippen LogP contribution in [0, 0.1) is 0 Å². The van der Waals surface area contributed by atoms with Crippen molar-refractivity contribution >= 4 is 19.7 Å². The van der Waals surface area contributed by atoms with Crippen LogP contribution in [-0.4, -0.2) is 69.4 Å². The number of carbonyl (C=O) groups is 2. The fourth-order valence-corrected chi connectivity index (χ4v) is 8.00. The summed E-state index contributed by atoms with van der Waals surface area (Å²) in [5, 5.41) is 3.00. The molecule has 9 nitrogen and oxygen atoms in total. The van der Waals surface area contributed by atoms with E-state index in [4.69, 9.17) is 13.8 Å². The van der Waals surface area contributed by atoms with Gasteiger partial charge in [-0.05, 0) is 89.5 Å². The maximum atomic E-state index is 13.4. The Bertz CT molecular complexity index is 1370. The van der Waals surface area contributed by atoms with Gasteiger partial charge in [-0.1, -0.05) is 190 Å². The SMILES string of the molecule is CC/C=C/C/C=C/C/C=C/CCCCCCC(=O)OC(/C=C/CCCCCCCCCCCC)C(COP(=O)([O-])OCC[N+](C)(C)C)NC(=O)CCCCCCCCC/C=C/C/C=C/CC. The highest BCUT2D eigenvalue weighted by Crippen LogP contribution is 2.38. The molecule has 66 heavy (non-hydrogen) atoms. The molecule has 0 radical (unpaired) electrons. The molecule has 0 aromatic rings. The molecule has 0 spiro atoms. The van der Waals surface area contributed by atoms with Crippen molar-refractivity contribution in [3.8, 4) is 0 Å². The molecule has 0 bridgehead atoms. The van der Waals surface area contributed by atoms with Gasteiger partial charge in [-0.25, -0.2) is 0 Å². The minimum absolute atomic E-state index is 0.0305. The lowest BCUT2D eigenvalue weighted by Gasteiger charge is -2.30. The second-order valence-electron chi connectivity index (χ2n) is 19.0. The first-order valence-electron chi connectivity index (χ1n) is 26.7. The number of hydrogen-bond acceptors (Lipinski definition) is 7. The van der Waals surface area contributed by atoms with E-state index in [0.29, 0.717) is 23.9 Å². The Balaban J connectivity index is 5.46. The molecule has 0 aromatic heterocycles. The van der Waals surface area contributed by atoms with Crippen molar-refractivity contribution in [3.63, 3.8) is 0 Å². The Kier molecular flexibility index (Phi) is 44.4. The van der Waals surface area contributed by atoms with Gasteiger partial charge in [-0.15, -0.1) is 0 Å². The third-order valence-corrected chi connectivity index (χ3v) is 12.3. The summed E-state index contributed by atoms with van der Waals surface area (Å²) >= 11 is 0. The number of phosphoric ester groups is 1. The molecule has 0 saturated carbocycles. The summed E-state index contributed by atoms with van der Waals surface area (Å²) in [6.45, 7) is 6.58. The number of rotatable bonds is 47. The Morgan fingerprint density at radius 1 is 0.545 bits per heavy atom. The predicted molar refractivity (Wildman–Crippen MR) is 279 cm³/mol. The summed E-state index contributed by atoms with van der Waals surface area (Å²) in [5.74, 6) is -0.581. The van der Waals surface area contributed by atoms with Crippen LogP contribution in [0.3, 0.4) is 0 Å². The van der Waals surface area contributed by atoms with Gasteiger partial charge in [0.05, 0.1) is 33.8 Å². The van der Waals surface area contributed by atoms with Crippen molar-refractivity contribution in [3.05, 3.63) is 72.9 Å². The molecule has 0 aromatic carbocycles. The fraction of sp³-hybridized carbons (Fsp3) is 0.750. The van der Waals surface area contributed by atoms with E-state index in [1.54, 1.807) is 0 Å². The van der Waals surface area contributed by atoms with Crippen molar-refractivity contribution in [2.75, 3.05) is 40.9 Å². The molecule has 10 heteroatoms. The van der Waals surface area contributed by atoms with Gasteiger partial charge in [0.15, 0.2) is 0 Å². The lowest BCUT2D eigenvalue weighted by Crippen LogP contribution is -2.47. The highest BCUT2D eigenvalue weighted by molar-refractivity contribution is 7.45. The van der Waals surface area contributed by atoms with Crippen LogP contribution in [-0.2, 0) is 27.9 Å². The van der Waals surface area contributed by atoms with Gasteiger partial charge in [0, 0.05) is 12.8 Å². The number of unbranched alkanes of at least 4 members (excludes halogenated alkanes) is 21. The van der Waals surface area contributed by atoms with E-state index in [2.05, 4.69) is 86.8 Å². The summed E-state index contributed by atoms with van der Waals surface area (Å²) in [6.07, 6.45) is 57.2. The van der Waals surface area contributed by atoms with Crippen LogP contribution < -0.4 is 10.2 Å². The van der Waals surface area contributed by atoms with Gasteiger partial charge in [0.1, 0.15) is 19.3 Å². The first-order chi connectivity index (χ1) is 31.9. The molecule has 1 amide bonds.